The first-order chi connectivity index (χ1) is 16.2. The molecule has 0 amide bonds. The molecule has 0 radical (unpaired) electrons. The highest BCUT2D eigenvalue weighted by Crippen LogP contribution is 2.38. The Morgan fingerprint density at radius 3 is 2.00 bits per heavy atom. The fraction of sp³-hybridized carbons (Fsp3) is 0.655. The van der Waals surface area contributed by atoms with Crippen LogP contribution in [0.4, 0.5) is 0 Å². The number of Topliss-reactive ketones (excluding diaryl/α,β-unsaturated/α-hetero) is 1. The molecule has 198 valence electrons. The smallest absolute Gasteiger partial charge is 0.333 e. The Morgan fingerprint density at radius 2 is 1.49 bits per heavy atom. The molecule has 0 N–H and O–H groups in total. The number of ketones is 1. The quantitative estimate of drug-likeness (QED) is 0.0913. The summed E-state index contributed by atoms with van der Waals surface area (Å²) in [4.78, 5) is 24.5. The highest BCUT2D eigenvalue weighted by Gasteiger charge is 2.34. The minimum atomic E-state index is -1.04. The third-order valence-electron chi connectivity index (χ3n) is 6.31. The van der Waals surface area contributed by atoms with Crippen molar-refractivity contribution in [3.63, 3.8) is 0 Å². The molecule has 6 heteroatoms. The number of hydrogen-bond acceptors (Lipinski definition) is 6. The van der Waals surface area contributed by atoms with Crippen LogP contribution in [0.15, 0.2) is 36.4 Å². The van der Waals surface area contributed by atoms with Gasteiger partial charge in [-0.3, -0.25) is 4.79 Å². The van der Waals surface area contributed by atoms with Crippen LogP contribution in [-0.4, -0.2) is 50.1 Å². The first kappa shape index (κ1) is 31.0. The molecule has 0 saturated heterocycles. The normalized spacial score (nSPS) is 14.6. The van der Waals surface area contributed by atoms with Gasteiger partial charge in [-0.25, -0.2) is 4.79 Å². The largest absolute Gasteiger partial charge is 0.460 e. The van der Waals surface area contributed by atoms with E-state index in [1.54, 1.807) is 27.7 Å². The minimum Gasteiger partial charge on any atom is -0.460 e. The van der Waals surface area contributed by atoms with Crippen LogP contribution in [0.5, 0.6) is 0 Å². The van der Waals surface area contributed by atoms with Gasteiger partial charge in [0.1, 0.15) is 12.2 Å². The van der Waals surface area contributed by atoms with Crippen LogP contribution in [0.1, 0.15) is 84.7 Å². The van der Waals surface area contributed by atoms with E-state index in [0.29, 0.717) is 29.6 Å². The van der Waals surface area contributed by atoms with Gasteiger partial charge in [0.25, 0.3) is 0 Å². The summed E-state index contributed by atoms with van der Waals surface area (Å²) in [5.74, 6) is 0.546. The van der Waals surface area contributed by atoms with Crippen LogP contribution in [0, 0.1) is 11.8 Å². The van der Waals surface area contributed by atoms with Crippen LogP contribution in [0.2, 0.25) is 0 Å². The third-order valence-corrected chi connectivity index (χ3v) is 6.31. The Kier molecular flexibility index (Phi) is 12.3. The Balaban J connectivity index is 2.58. The number of esters is 1. The van der Waals surface area contributed by atoms with Gasteiger partial charge in [-0.1, -0.05) is 65.5 Å². The molecule has 2 unspecified atom stereocenters. The minimum absolute atomic E-state index is 0.0540. The summed E-state index contributed by atoms with van der Waals surface area (Å²) < 4.78 is 21.9. The Hall–Kier alpha value is -2.02. The zero-order chi connectivity index (χ0) is 26.8. The van der Waals surface area contributed by atoms with E-state index in [0.717, 1.165) is 6.42 Å². The van der Waals surface area contributed by atoms with Crippen molar-refractivity contribution in [3.8, 4) is 0 Å². The van der Waals surface area contributed by atoms with Crippen molar-refractivity contribution < 1.29 is 28.5 Å². The molecule has 6 nitrogen and oxygen atoms in total. The maximum absolute atomic E-state index is 13.2. The van der Waals surface area contributed by atoms with Crippen molar-refractivity contribution in [2.24, 2.45) is 11.8 Å². The van der Waals surface area contributed by atoms with Gasteiger partial charge < -0.3 is 18.9 Å². The lowest BCUT2D eigenvalue weighted by atomic mass is 9.68. The van der Waals surface area contributed by atoms with Crippen molar-refractivity contribution in [2.45, 2.75) is 86.0 Å². The highest BCUT2D eigenvalue weighted by atomic mass is 16.7. The van der Waals surface area contributed by atoms with E-state index in [1.807, 2.05) is 12.1 Å². The molecule has 0 fully saturated rings. The van der Waals surface area contributed by atoms with Crippen molar-refractivity contribution in [1.82, 2.24) is 0 Å². The third kappa shape index (κ3) is 9.86. The van der Waals surface area contributed by atoms with Crippen molar-refractivity contribution in [2.75, 3.05) is 26.4 Å². The molecule has 35 heavy (non-hydrogen) atoms. The maximum atomic E-state index is 13.2. The summed E-state index contributed by atoms with van der Waals surface area (Å²) in [6.45, 7) is 22.7. The van der Waals surface area contributed by atoms with Gasteiger partial charge in [-0.05, 0) is 56.9 Å². The molecular formula is C29H46O6. The zero-order valence-corrected chi connectivity index (χ0v) is 23.2. The fourth-order valence-corrected chi connectivity index (χ4v) is 4.08. The molecule has 0 spiro atoms. The van der Waals surface area contributed by atoms with Gasteiger partial charge in [-0.15, -0.1) is 0 Å². The molecule has 0 aliphatic heterocycles. The van der Waals surface area contributed by atoms with Crippen molar-refractivity contribution >= 4 is 11.8 Å². The summed E-state index contributed by atoms with van der Waals surface area (Å²) in [7, 11) is 0. The van der Waals surface area contributed by atoms with E-state index in [9.17, 15) is 9.59 Å². The summed E-state index contributed by atoms with van der Waals surface area (Å²) >= 11 is 0. The predicted octanol–water partition coefficient (Wildman–Crippen LogP) is 6.12. The first-order valence-electron chi connectivity index (χ1n) is 12.6. The molecule has 0 saturated carbocycles. The first-order valence-corrected chi connectivity index (χ1v) is 12.6. The van der Waals surface area contributed by atoms with Gasteiger partial charge in [0.05, 0.1) is 19.8 Å². The maximum Gasteiger partial charge on any atom is 0.333 e. The van der Waals surface area contributed by atoms with Gasteiger partial charge in [0.15, 0.2) is 12.1 Å². The summed E-state index contributed by atoms with van der Waals surface area (Å²) in [5, 5.41) is 0. The second-order valence-corrected chi connectivity index (χ2v) is 10.7. The molecule has 1 aromatic carbocycles. The molecule has 2 atom stereocenters. The Morgan fingerprint density at radius 1 is 0.914 bits per heavy atom. The van der Waals surface area contributed by atoms with Crippen LogP contribution in [0.3, 0.4) is 0 Å². The Labute approximate surface area is 212 Å². The van der Waals surface area contributed by atoms with Gasteiger partial charge in [0.2, 0.25) is 0 Å². The number of benzene rings is 1. The molecule has 0 aliphatic rings. The van der Waals surface area contributed by atoms with E-state index in [2.05, 4.69) is 53.3 Å². The molecule has 0 bridgehead atoms. The highest BCUT2D eigenvalue weighted by molar-refractivity contribution is 6.02. The molecule has 0 aromatic heterocycles. The second-order valence-electron chi connectivity index (χ2n) is 10.7. The summed E-state index contributed by atoms with van der Waals surface area (Å²) in [6, 6.07) is 7.97. The lowest BCUT2D eigenvalue weighted by Crippen LogP contribution is -2.39. The number of ether oxygens (including phenoxy) is 4. The van der Waals surface area contributed by atoms with E-state index in [1.165, 1.54) is 5.56 Å². The average molecular weight is 491 g/mol. The lowest BCUT2D eigenvalue weighted by molar-refractivity contribution is -0.180. The van der Waals surface area contributed by atoms with E-state index < -0.39 is 17.9 Å². The molecule has 1 rings (SSSR count). The number of carbonyl (C=O) groups is 2. The summed E-state index contributed by atoms with van der Waals surface area (Å²) in [5.41, 5.74) is 1.24. The van der Waals surface area contributed by atoms with Crippen molar-refractivity contribution in [1.29, 1.82) is 0 Å². The monoisotopic (exact) mass is 490 g/mol. The van der Waals surface area contributed by atoms with E-state index >= 15 is 0 Å². The van der Waals surface area contributed by atoms with E-state index in [-0.39, 0.29) is 31.0 Å². The van der Waals surface area contributed by atoms with Crippen LogP contribution >= 0.6 is 0 Å². The number of carbonyl (C=O) groups excluding carboxylic acids is 2. The van der Waals surface area contributed by atoms with Crippen LogP contribution < -0.4 is 0 Å². The van der Waals surface area contributed by atoms with Gasteiger partial charge >= 0.3 is 5.97 Å². The fourth-order valence-electron chi connectivity index (χ4n) is 4.08. The topological polar surface area (TPSA) is 71.1 Å². The SMILES string of the molecule is C=C(C)C(=O)OCCOCCOC(C)OC(C)(C)C(=O)c1ccc(C(C)(CC(C)C)C(C)C)cc1. The average Bonchev–Trinajstić information content (AvgIpc) is 2.76. The molecule has 0 aliphatic carbocycles. The van der Waals surface area contributed by atoms with Gasteiger partial charge in [0, 0.05) is 11.1 Å². The standard InChI is InChI=1S/C29H46O6/c1-20(2)19-29(10,22(5)6)25-13-11-24(12-14-25)26(30)28(8,9)35-23(7)33-17-15-32-16-18-34-27(31)21(3)4/h11-14,20,22-23H,3,15-19H2,1-2,4-10H3. The number of hydrogen-bond donors (Lipinski definition) is 0. The zero-order valence-electron chi connectivity index (χ0n) is 23.2. The predicted molar refractivity (Wildman–Crippen MR) is 140 cm³/mol. The molecule has 0 heterocycles. The van der Waals surface area contributed by atoms with E-state index in [4.69, 9.17) is 18.9 Å². The summed E-state index contributed by atoms with van der Waals surface area (Å²) in [6.07, 6.45) is 0.499. The van der Waals surface area contributed by atoms with Crippen LogP contribution in [0.25, 0.3) is 0 Å². The van der Waals surface area contributed by atoms with Crippen LogP contribution in [-0.2, 0) is 29.2 Å². The van der Waals surface area contributed by atoms with Crippen molar-refractivity contribution in [3.05, 3.63) is 47.5 Å². The van der Waals surface area contributed by atoms with Gasteiger partial charge in [-0.2, -0.15) is 0 Å². The second kappa shape index (κ2) is 13.9. The lowest BCUT2D eigenvalue weighted by Gasteiger charge is -2.36. The molecular weight excluding hydrogens is 444 g/mol. The number of rotatable bonds is 16. The molecule has 1 aromatic rings. The Bertz CT molecular complexity index is 824.